The number of aromatic amines is 2. The molecule has 3 aromatic heterocycles. The van der Waals surface area contributed by atoms with Crippen LogP contribution in [0.15, 0.2) is 48.5 Å². The number of aliphatic carboxylic acids is 2. The summed E-state index contributed by atoms with van der Waals surface area (Å²) >= 11 is 0. The van der Waals surface area contributed by atoms with Gasteiger partial charge < -0.3 is 29.8 Å². The van der Waals surface area contributed by atoms with E-state index in [-0.39, 0.29) is 16.8 Å². The Labute approximate surface area is 200 Å². The number of carboxylic acids is 2. The van der Waals surface area contributed by atoms with Crippen molar-refractivity contribution in [1.29, 1.82) is 0 Å². The fourth-order valence-electron chi connectivity index (χ4n) is 2.94. The summed E-state index contributed by atoms with van der Waals surface area (Å²) in [5.74, 6) is -2.17. The van der Waals surface area contributed by atoms with Gasteiger partial charge in [0.1, 0.15) is 0 Å². The van der Waals surface area contributed by atoms with Crippen LogP contribution in [0, 0.1) is 0 Å². The predicted octanol–water partition coefficient (Wildman–Crippen LogP) is 2.17. The first-order valence-corrected chi connectivity index (χ1v) is 9.66. The third-order valence-corrected chi connectivity index (χ3v) is 4.04. The van der Waals surface area contributed by atoms with E-state index in [9.17, 15) is 0 Å². The van der Waals surface area contributed by atoms with E-state index in [1.165, 1.54) is 0 Å². The zero-order chi connectivity index (χ0) is 23.1. The molecule has 0 unspecified atom stereocenters. The normalized spacial score (nSPS) is 10.7. The molecule has 2 aliphatic heterocycles. The zero-order valence-electron chi connectivity index (χ0n) is 17.8. The van der Waals surface area contributed by atoms with Crippen LogP contribution >= 0.6 is 0 Å². The Bertz CT molecular complexity index is 1260. The van der Waals surface area contributed by atoms with Crippen molar-refractivity contribution in [1.82, 2.24) is 19.9 Å². The number of aromatic nitrogens is 4. The summed E-state index contributed by atoms with van der Waals surface area (Å²) in [6.45, 7) is 1.94. The van der Waals surface area contributed by atoms with Crippen LogP contribution < -0.4 is 10.2 Å². The Hall–Kier alpha value is -3.95. The first-order valence-electron chi connectivity index (χ1n) is 9.66. The maximum Gasteiger partial charge on any atom is 2.00 e. The Morgan fingerprint density at radius 2 is 0.879 bits per heavy atom. The van der Waals surface area contributed by atoms with Gasteiger partial charge in [0.05, 0.1) is 22.8 Å². The summed E-state index contributed by atoms with van der Waals surface area (Å²) in [5.41, 5.74) is 7.86. The molecule has 2 N–H and O–H groups in total. The molecule has 2 aliphatic rings. The topological polar surface area (TPSA) is 138 Å². The van der Waals surface area contributed by atoms with Crippen molar-refractivity contribution in [2.45, 2.75) is 13.8 Å². The summed E-state index contributed by atoms with van der Waals surface area (Å²) in [5, 5.41) is 17.8. The molecule has 169 valence electrons. The first kappa shape index (κ1) is 25.3. The van der Waals surface area contributed by atoms with Crippen LogP contribution in [0.1, 0.15) is 36.6 Å². The fraction of sp³-hybridized carbons (Fsp3) is 0.0833. The van der Waals surface area contributed by atoms with Crippen molar-refractivity contribution in [3.63, 3.8) is 0 Å². The van der Waals surface area contributed by atoms with Gasteiger partial charge >= 0.3 is 16.8 Å². The molecule has 0 fully saturated rings. The molecule has 8 bridgehead atoms. The summed E-state index contributed by atoms with van der Waals surface area (Å²) in [6, 6.07) is 16.4. The summed E-state index contributed by atoms with van der Waals surface area (Å²) in [6.07, 6.45) is 8.05. The van der Waals surface area contributed by atoms with Gasteiger partial charge in [-0.05, 0) is 86.7 Å². The quantitative estimate of drug-likeness (QED) is 0.343. The van der Waals surface area contributed by atoms with Crippen LogP contribution in [-0.4, -0.2) is 31.9 Å². The Kier molecular flexibility index (Phi) is 8.90. The van der Waals surface area contributed by atoms with Crippen molar-refractivity contribution in [2.75, 3.05) is 0 Å². The third kappa shape index (κ3) is 8.24. The smallest absolute Gasteiger partial charge is 0.550 e. The molecule has 0 saturated carbocycles. The van der Waals surface area contributed by atoms with Crippen LogP contribution in [0.5, 0.6) is 0 Å². The molecule has 0 atom stereocenters. The van der Waals surface area contributed by atoms with Crippen LogP contribution in [0.25, 0.3) is 46.4 Å². The standard InChI is InChI=1S/C20H14N4.2C2H4O2.Co/c1-2-14-10-16-5-6-18(23-16)12-20-8-7-19(24-20)11-17-4-3-15(22-17)9-13(1)21-14;2*1-2(3)4;/h1-12,21-22H;2*1H3,(H,3,4);/q;;;+2/p-2. The van der Waals surface area contributed by atoms with Gasteiger partial charge in [-0.15, -0.1) is 0 Å². The molecule has 0 aliphatic carbocycles. The van der Waals surface area contributed by atoms with Crippen molar-refractivity contribution in [3.05, 3.63) is 71.3 Å². The molecule has 1 radical (unpaired) electrons. The van der Waals surface area contributed by atoms with E-state index in [2.05, 4.69) is 50.3 Å². The minimum atomic E-state index is -1.08. The van der Waals surface area contributed by atoms with Crippen molar-refractivity contribution >= 4 is 58.3 Å². The first-order chi connectivity index (χ1) is 15.3. The van der Waals surface area contributed by atoms with E-state index >= 15 is 0 Å². The molecule has 0 saturated heterocycles. The van der Waals surface area contributed by atoms with Crippen LogP contribution in [0.2, 0.25) is 0 Å². The number of nitrogens with one attached hydrogen (secondary N) is 2. The number of H-pyrrole nitrogens is 2. The SMILES string of the molecule is C1=Cc2cc3ccc(cc4ccc(cc5nc(cc1n2)C=C5)[nH]4)[nH]3.CC(=O)[O-].CC(=O)[O-].[Co+2]. The maximum absolute atomic E-state index is 8.89. The average Bonchev–Trinajstić information content (AvgIpc) is 3.46. The molecule has 0 spiro atoms. The second kappa shape index (κ2) is 11.6. The van der Waals surface area contributed by atoms with Gasteiger partial charge in [0, 0.05) is 34.0 Å². The van der Waals surface area contributed by atoms with E-state index in [0.29, 0.717) is 0 Å². The van der Waals surface area contributed by atoms with Crippen molar-refractivity contribution in [3.8, 4) is 0 Å². The van der Waals surface area contributed by atoms with Gasteiger partial charge in [-0.1, -0.05) is 0 Å². The minimum Gasteiger partial charge on any atom is -0.550 e. The van der Waals surface area contributed by atoms with E-state index in [1.807, 2.05) is 42.5 Å². The molecule has 0 aromatic carbocycles. The molecule has 3 aromatic rings. The van der Waals surface area contributed by atoms with Crippen LogP contribution in [-0.2, 0) is 26.4 Å². The van der Waals surface area contributed by atoms with Gasteiger partial charge in [-0.2, -0.15) is 0 Å². The van der Waals surface area contributed by atoms with Gasteiger partial charge in [-0.3, -0.25) is 0 Å². The molecular weight excluding hydrogens is 467 g/mol. The third-order valence-electron chi connectivity index (χ3n) is 4.04. The van der Waals surface area contributed by atoms with Crippen molar-refractivity contribution in [2.24, 2.45) is 0 Å². The molecule has 9 heteroatoms. The molecule has 0 amide bonds. The second-order valence-electron chi connectivity index (χ2n) is 6.89. The van der Waals surface area contributed by atoms with Gasteiger partial charge in [0.2, 0.25) is 0 Å². The van der Waals surface area contributed by atoms with Gasteiger partial charge in [0.25, 0.3) is 0 Å². The summed E-state index contributed by atoms with van der Waals surface area (Å²) in [4.78, 5) is 33.8. The van der Waals surface area contributed by atoms with E-state index in [4.69, 9.17) is 19.8 Å². The zero-order valence-corrected chi connectivity index (χ0v) is 18.8. The Balaban J connectivity index is 0.000000376. The van der Waals surface area contributed by atoms with Gasteiger partial charge in [-0.25, -0.2) is 9.97 Å². The fourth-order valence-corrected chi connectivity index (χ4v) is 2.94. The number of rotatable bonds is 0. The Morgan fingerprint density at radius 3 is 1.21 bits per heavy atom. The number of hydrogen-bond acceptors (Lipinski definition) is 6. The Morgan fingerprint density at radius 1 is 0.606 bits per heavy atom. The van der Waals surface area contributed by atoms with Gasteiger partial charge in [0.15, 0.2) is 0 Å². The van der Waals surface area contributed by atoms with E-state index in [0.717, 1.165) is 58.7 Å². The average molecular weight is 487 g/mol. The number of carbonyl (C=O) groups excluding carboxylic acids is 2. The number of carboxylic acid groups (broad SMARTS) is 2. The molecule has 5 rings (SSSR count). The number of nitrogens with zero attached hydrogens (tertiary/aromatic N) is 2. The molecule has 8 nitrogen and oxygen atoms in total. The maximum atomic E-state index is 8.89. The number of hydrogen-bond donors (Lipinski definition) is 2. The van der Waals surface area contributed by atoms with E-state index < -0.39 is 11.9 Å². The summed E-state index contributed by atoms with van der Waals surface area (Å²) in [7, 11) is 0. The summed E-state index contributed by atoms with van der Waals surface area (Å²) < 4.78 is 0. The molecular formula is C24H20CoN4O4. The van der Waals surface area contributed by atoms with Crippen molar-refractivity contribution < 1.29 is 36.6 Å². The second-order valence-corrected chi connectivity index (χ2v) is 6.89. The number of fused-ring (bicyclic) bond motifs is 8. The van der Waals surface area contributed by atoms with Crippen LogP contribution in [0.3, 0.4) is 0 Å². The predicted molar refractivity (Wildman–Crippen MR) is 120 cm³/mol. The number of carbonyl (C=O) groups is 2. The van der Waals surface area contributed by atoms with Crippen LogP contribution in [0.4, 0.5) is 0 Å². The molecule has 5 heterocycles. The molecule has 33 heavy (non-hydrogen) atoms. The van der Waals surface area contributed by atoms with E-state index in [1.54, 1.807) is 0 Å². The monoisotopic (exact) mass is 487 g/mol. The largest absolute Gasteiger partial charge is 2.00 e. The minimum absolute atomic E-state index is 0.